The molecule has 0 radical (unpaired) electrons. The normalized spacial score (nSPS) is 12.7. The molecule has 0 saturated heterocycles. The molecule has 0 rings (SSSR count). The largest absolute Gasteiger partial charge is 0.462 e. The third-order valence-corrected chi connectivity index (χ3v) is 13.6. The first-order chi connectivity index (χ1) is 37.0. The topological polar surface area (TPSA) is 78.9 Å². The van der Waals surface area contributed by atoms with Gasteiger partial charge in [0.25, 0.3) is 0 Å². The highest BCUT2D eigenvalue weighted by atomic mass is 16.6. The van der Waals surface area contributed by atoms with Crippen molar-refractivity contribution in [1.82, 2.24) is 0 Å². The lowest BCUT2D eigenvalue weighted by molar-refractivity contribution is -0.167. The summed E-state index contributed by atoms with van der Waals surface area (Å²) in [5, 5.41) is 0. The molecule has 0 saturated carbocycles. The molecule has 0 spiro atoms. The Hall–Kier alpha value is -3.67. The third kappa shape index (κ3) is 61.1. The minimum absolute atomic E-state index is 0.0991. The Balaban J connectivity index is 4.45. The van der Waals surface area contributed by atoms with E-state index in [0.29, 0.717) is 19.3 Å². The standard InChI is InChI=1S/C69H118O6/c1-4-7-10-13-16-19-22-25-28-31-33-34-36-39-42-45-48-51-54-57-60-63-69(72)75-66(64-73-67(70)61-58-55-52-49-46-43-40-37-30-27-24-21-18-15-12-9-6-3)65-74-68(71)62-59-56-53-50-47-44-41-38-35-32-29-26-23-20-17-14-11-8-5-2/h9,12,17-18,20-21,26-27,29-30,35,38,40,43-44,47,66H,4-8,10-11,13-16,19,22-25,28,31-34,36-37,39,41-42,45-46,48-65H2,1-3H3/b12-9-,20-17-,21-18-,29-26-,30-27-,38-35-,43-40-,47-44-/t66-/m1/s1. The lowest BCUT2D eigenvalue weighted by Crippen LogP contribution is -2.30. The van der Waals surface area contributed by atoms with Crippen LogP contribution in [0.25, 0.3) is 0 Å². The summed E-state index contributed by atoms with van der Waals surface area (Å²) in [5.74, 6) is -0.940. The van der Waals surface area contributed by atoms with Gasteiger partial charge in [0.05, 0.1) is 0 Å². The molecule has 0 aliphatic heterocycles. The average molecular weight is 1040 g/mol. The van der Waals surface area contributed by atoms with Gasteiger partial charge in [-0.15, -0.1) is 0 Å². The number of allylic oxidation sites excluding steroid dienone is 16. The van der Waals surface area contributed by atoms with Crippen LogP contribution in [0, 0.1) is 0 Å². The van der Waals surface area contributed by atoms with E-state index in [1.807, 2.05) is 0 Å². The third-order valence-electron chi connectivity index (χ3n) is 13.6. The lowest BCUT2D eigenvalue weighted by atomic mass is 10.0. The molecule has 0 unspecified atom stereocenters. The summed E-state index contributed by atoms with van der Waals surface area (Å²) in [6, 6.07) is 0. The second-order valence-corrected chi connectivity index (χ2v) is 20.9. The van der Waals surface area contributed by atoms with Gasteiger partial charge < -0.3 is 14.2 Å². The Morgan fingerprint density at radius 3 is 0.853 bits per heavy atom. The predicted molar refractivity (Wildman–Crippen MR) is 325 cm³/mol. The van der Waals surface area contributed by atoms with Crippen LogP contribution in [0.15, 0.2) is 97.2 Å². The van der Waals surface area contributed by atoms with Crippen LogP contribution in [-0.4, -0.2) is 37.2 Å². The van der Waals surface area contributed by atoms with Crippen molar-refractivity contribution in [2.24, 2.45) is 0 Å². The van der Waals surface area contributed by atoms with Gasteiger partial charge in [-0.25, -0.2) is 0 Å². The maximum Gasteiger partial charge on any atom is 0.306 e. The van der Waals surface area contributed by atoms with Crippen molar-refractivity contribution in [1.29, 1.82) is 0 Å². The molecule has 0 aromatic rings. The van der Waals surface area contributed by atoms with Crippen LogP contribution in [0.1, 0.15) is 303 Å². The molecule has 6 heteroatoms. The Morgan fingerprint density at radius 1 is 0.280 bits per heavy atom. The van der Waals surface area contributed by atoms with E-state index in [2.05, 4.69) is 118 Å². The molecule has 0 aromatic heterocycles. The fraction of sp³-hybridized carbons (Fsp3) is 0.725. The van der Waals surface area contributed by atoms with E-state index in [0.717, 1.165) is 122 Å². The Kier molecular flexibility index (Phi) is 59.8. The summed E-state index contributed by atoms with van der Waals surface area (Å²) in [7, 11) is 0. The fourth-order valence-corrected chi connectivity index (χ4v) is 8.83. The van der Waals surface area contributed by atoms with Crippen molar-refractivity contribution in [3.05, 3.63) is 97.2 Å². The van der Waals surface area contributed by atoms with E-state index < -0.39 is 6.10 Å². The van der Waals surface area contributed by atoms with Crippen LogP contribution in [0.3, 0.4) is 0 Å². The first-order valence-corrected chi connectivity index (χ1v) is 31.7. The summed E-state index contributed by atoms with van der Waals surface area (Å²) >= 11 is 0. The molecule has 0 amide bonds. The van der Waals surface area contributed by atoms with Crippen molar-refractivity contribution in [3.8, 4) is 0 Å². The van der Waals surface area contributed by atoms with E-state index in [4.69, 9.17) is 14.2 Å². The van der Waals surface area contributed by atoms with Crippen LogP contribution < -0.4 is 0 Å². The highest BCUT2D eigenvalue weighted by molar-refractivity contribution is 5.71. The number of carbonyl (C=O) groups is 3. The van der Waals surface area contributed by atoms with Crippen LogP contribution in [0.4, 0.5) is 0 Å². The minimum atomic E-state index is -0.802. The van der Waals surface area contributed by atoms with Crippen LogP contribution in [0.2, 0.25) is 0 Å². The van der Waals surface area contributed by atoms with E-state index in [-0.39, 0.29) is 31.1 Å². The van der Waals surface area contributed by atoms with Gasteiger partial charge in [-0.05, 0) is 103 Å². The molecule has 0 aromatic carbocycles. The zero-order valence-electron chi connectivity index (χ0n) is 49.3. The Bertz CT molecular complexity index is 1480. The van der Waals surface area contributed by atoms with Crippen LogP contribution in [-0.2, 0) is 28.6 Å². The summed E-state index contributed by atoms with van der Waals surface area (Å²) in [5.41, 5.74) is 0. The van der Waals surface area contributed by atoms with E-state index >= 15 is 0 Å². The van der Waals surface area contributed by atoms with Crippen molar-refractivity contribution >= 4 is 17.9 Å². The molecule has 0 heterocycles. The fourth-order valence-electron chi connectivity index (χ4n) is 8.83. The number of hydrogen-bond acceptors (Lipinski definition) is 6. The number of rotatable bonds is 57. The smallest absolute Gasteiger partial charge is 0.306 e. The quantitative estimate of drug-likeness (QED) is 0.0261. The van der Waals surface area contributed by atoms with Gasteiger partial charge in [-0.2, -0.15) is 0 Å². The molecule has 0 N–H and O–H groups in total. The van der Waals surface area contributed by atoms with E-state index in [1.54, 1.807) is 0 Å². The molecule has 1 atom stereocenters. The maximum absolute atomic E-state index is 12.9. The zero-order valence-corrected chi connectivity index (χ0v) is 49.3. The Labute approximate surface area is 464 Å². The molecule has 0 bridgehead atoms. The van der Waals surface area contributed by atoms with Crippen molar-refractivity contribution in [3.63, 3.8) is 0 Å². The van der Waals surface area contributed by atoms with E-state index in [9.17, 15) is 14.4 Å². The molecule has 0 fully saturated rings. The van der Waals surface area contributed by atoms with E-state index in [1.165, 1.54) is 141 Å². The van der Waals surface area contributed by atoms with Crippen LogP contribution in [0.5, 0.6) is 0 Å². The first kappa shape index (κ1) is 71.3. The summed E-state index contributed by atoms with van der Waals surface area (Å²) in [6.07, 6.45) is 84.1. The van der Waals surface area contributed by atoms with Gasteiger partial charge >= 0.3 is 17.9 Å². The Morgan fingerprint density at radius 2 is 0.520 bits per heavy atom. The SMILES string of the molecule is CC/C=C\C/C=C\C/C=C\C/C=C\CCCCCCC(=O)OC[C@H](COC(=O)CCCCC/C=C\C/C=C\C/C=C\C/C=C\CCCCC)OC(=O)CCCCCCCCCCCCCCCCCCCCCCC. The molecule has 6 nitrogen and oxygen atoms in total. The number of hydrogen-bond donors (Lipinski definition) is 0. The lowest BCUT2D eigenvalue weighted by Gasteiger charge is -2.18. The maximum atomic E-state index is 12.9. The molecular formula is C69H118O6. The second kappa shape index (κ2) is 62.9. The average Bonchev–Trinajstić information content (AvgIpc) is 3.41. The predicted octanol–water partition coefficient (Wildman–Crippen LogP) is 21.7. The molecule has 0 aliphatic rings. The number of esters is 3. The van der Waals surface area contributed by atoms with Gasteiger partial charge in [0.2, 0.25) is 0 Å². The minimum Gasteiger partial charge on any atom is -0.462 e. The number of carbonyl (C=O) groups excluding carboxylic acids is 3. The van der Waals surface area contributed by atoms with Gasteiger partial charge in [0, 0.05) is 19.3 Å². The monoisotopic (exact) mass is 1040 g/mol. The van der Waals surface area contributed by atoms with Gasteiger partial charge in [0.1, 0.15) is 13.2 Å². The van der Waals surface area contributed by atoms with Crippen molar-refractivity contribution < 1.29 is 28.6 Å². The second-order valence-electron chi connectivity index (χ2n) is 20.9. The first-order valence-electron chi connectivity index (χ1n) is 31.7. The molecular weight excluding hydrogens is 925 g/mol. The molecule has 75 heavy (non-hydrogen) atoms. The van der Waals surface area contributed by atoms with Crippen LogP contribution >= 0.6 is 0 Å². The van der Waals surface area contributed by atoms with Crippen molar-refractivity contribution in [2.45, 2.75) is 309 Å². The van der Waals surface area contributed by atoms with Gasteiger partial charge in [-0.3, -0.25) is 14.4 Å². The highest BCUT2D eigenvalue weighted by Gasteiger charge is 2.19. The summed E-state index contributed by atoms with van der Waals surface area (Å²) in [4.78, 5) is 38.3. The number of ether oxygens (including phenoxy) is 3. The molecule has 0 aliphatic carbocycles. The zero-order chi connectivity index (χ0) is 54.3. The highest BCUT2D eigenvalue weighted by Crippen LogP contribution is 2.17. The number of unbranched alkanes of at least 4 members (excludes halogenated alkanes) is 30. The molecule has 430 valence electrons. The summed E-state index contributed by atoms with van der Waals surface area (Å²) in [6.45, 7) is 6.48. The van der Waals surface area contributed by atoms with Gasteiger partial charge in [0.15, 0.2) is 6.10 Å². The summed E-state index contributed by atoms with van der Waals surface area (Å²) < 4.78 is 16.9. The van der Waals surface area contributed by atoms with Gasteiger partial charge in [-0.1, -0.05) is 279 Å². The van der Waals surface area contributed by atoms with Crippen molar-refractivity contribution in [2.75, 3.05) is 13.2 Å².